The molecule has 1 saturated heterocycles. The van der Waals surface area contributed by atoms with E-state index >= 15 is 0 Å². The molecule has 3 aromatic rings. The van der Waals surface area contributed by atoms with Crippen molar-refractivity contribution in [3.8, 4) is 18.2 Å². The lowest BCUT2D eigenvalue weighted by atomic mass is 9.75. The van der Waals surface area contributed by atoms with Crippen molar-refractivity contribution in [3.05, 3.63) is 30.1 Å². The molecule has 0 spiro atoms. The van der Waals surface area contributed by atoms with Crippen molar-refractivity contribution in [3.63, 3.8) is 0 Å². The van der Waals surface area contributed by atoms with Crippen molar-refractivity contribution in [1.82, 2.24) is 25.0 Å². The van der Waals surface area contributed by atoms with Gasteiger partial charge in [-0.05, 0) is 44.2 Å². The van der Waals surface area contributed by atoms with Crippen LogP contribution < -0.4 is 4.90 Å². The van der Waals surface area contributed by atoms with Crippen LogP contribution in [0.25, 0.3) is 16.9 Å². The van der Waals surface area contributed by atoms with Gasteiger partial charge >= 0.3 is 0 Å². The smallest absolute Gasteiger partial charge is 0.167 e. The molecule has 5 rings (SSSR count). The minimum Gasteiger partial charge on any atom is -0.385 e. The minimum absolute atomic E-state index is 0.201. The summed E-state index contributed by atoms with van der Waals surface area (Å²) < 4.78 is 7.36. The molecular formula is C22H26N6O2. The number of anilines is 1. The minimum atomic E-state index is -0.944. The molecule has 1 aliphatic carbocycles. The van der Waals surface area contributed by atoms with Crippen LogP contribution in [0.2, 0.25) is 0 Å². The number of aromatic amines is 1. The fourth-order valence-corrected chi connectivity index (χ4v) is 4.66. The normalized spacial score (nSPS) is 27.3. The molecule has 0 bridgehead atoms. The quantitative estimate of drug-likeness (QED) is 0.649. The summed E-state index contributed by atoms with van der Waals surface area (Å²) in [5, 5.41) is 24.1. The highest BCUT2D eigenvalue weighted by atomic mass is 16.5. The van der Waals surface area contributed by atoms with Crippen LogP contribution in [-0.2, 0) is 10.3 Å². The Balaban J connectivity index is 1.66. The number of hydrogen-bond donors (Lipinski definition) is 2. The SMILES string of the molecule is C#CC1CCC(O)(c2cc(N3CCOCC3C)nc3c2cnn3-c2ccn[nH]2)CC1. The number of nitrogens with one attached hydrogen (secondary N) is 1. The molecule has 1 aliphatic heterocycles. The van der Waals surface area contributed by atoms with Crippen LogP contribution in [0.5, 0.6) is 0 Å². The van der Waals surface area contributed by atoms with Gasteiger partial charge in [-0.1, -0.05) is 0 Å². The van der Waals surface area contributed by atoms with Gasteiger partial charge in [-0.2, -0.15) is 14.9 Å². The first-order valence-electron chi connectivity index (χ1n) is 10.5. The second-order valence-electron chi connectivity index (χ2n) is 8.35. The van der Waals surface area contributed by atoms with Gasteiger partial charge in [0.15, 0.2) is 11.5 Å². The van der Waals surface area contributed by atoms with Crippen molar-refractivity contribution >= 4 is 16.9 Å². The zero-order chi connectivity index (χ0) is 20.7. The third-order valence-corrected chi connectivity index (χ3v) is 6.45. The van der Waals surface area contributed by atoms with E-state index in [4.69, 9.17) is 16.1 Å². The van der Waals surface area contributed by atoms with E-state index in [-0.39, 0.29) is 12.0 Å². The fraction of sp³-hybridized carbons (Fsp3) is 0.500. The molecule has 0 amide bonds. The fourth-order valence-electron chi connectivity index (χ4n) is 4.66. The molecule has 30 heavy (non-hydrogen) atoms. The largest absolute Gasteiger partial charge is 0.385 e. The second kappa shape index (κ2) is 7.42. The van der Waals surface area contributed by atoms with E-state index < -0.39 is 5.60 Å². The van der Waals surface area contributed by atoms with E-state index in [0.717, 1.165) is 42.0 Å². The van der Waals surface area contributed by atoms with Crippen LogP contribution >= 0.6 is 0 Å². The Kier molecular flexibility index (Phi) is 4.72. The Morgan fingerprint density at radius 1 is 1.37 bits per heavy atom. The van der Waals surface area contributed by atoms with Crippen molar-refractivity contribution in [2.75, 3.05) is 24.7 Å². The van der Waals surface area contributed by atoms with Crippen LogP contribution in [-0.4, -0.2) is 55.9 Å². The summed E-state index contributed by atoms with van der Waals surface area (Å²) in [5.41, 5.74) is 0.640. The van der Waals surface area contributed by atoms with Gasteiger partial charge in [-0.15, -0.1) is 12.3 Å². The molecule has 2 fully saturated rings. The van der Waals surface area contributed by atoms with Crippen LogP contribution in [0, 0.1) is 18.3 Å². The van der Waals surface area contributed by atoms with E-state index in [1.165, 1.54) is 0 Å². The zero-order valence-electron chi connectivity index (χ0n) is 17.1. The third kappa shape index (κ3) is 3.15. The monoisotopic (exact) mass is 406 g/mol. The molecule has 156 valence electrons. The molecule has 3 aromatic heterocycles. The van der Waals surface area contributed by atoms with Gasteiger partial charge in [-0.25, -0.2) is 4.98 Å². The first-order valence-corrected chi connectivity index (χ1v) is 10.5. The molecule has 0 aromatic carbocycles. The molecular weight excluding hydrogens is 380 g/mol. The van der Waals surface area contributed by atoms with Crippen LogP contribution in [0.15, 0.2) is 24.5 Å². The molecule has 8 heteroatoms. The number of hydrogen-bond acceptors (Lipinski definition) is 6. The summed E-state index contributed by atoms with van der Waals surface area (Å²) in [4.78, 5) is 7.21. The Bertz CT molecular complexity index is 1080. The molecule has 1 atom stereocenters. The maximum Gasteiger partial charge on any atom is 0.167 e. The number of aromatic nitrogens is 5. The number of rotatable bonds is 3. The number of pyridine rings is 1. The summed E-state index contributed by atoms with van der Waals surface area (Å²) in [6.45, 7) is 4.20. The lowest BCUT2D eigenvalue weighted by Gasteiger charge is -2.37. The van der Waals surface area contributed by atoms with E-state index in [9.17, 15) is 5.11 Å². The Hall–Kier alpha value is -2.89. The van der Waals surface area contributed by atoms with Gasteiger partial charge in [0.25, 0.3) is 0 Å². The number of fused-ring (bicyclic) bond motifs is 1. The standard InChI is InChI=1S/C22H26N6O2/c1-3-16-4-7-22(29,8-5-16)18-12-20(27-10-11-30-14-15(27)2)25-21-17(18)13-24-28(21)19-6-9-23-26-19/h1,6,9,12-13,15-16,29H,4-5,7-8,10-11,14H2,2H3,(H,23,26). The summed E-state index contributed by atoms with van der Waals surface area (Å²) in [6.07, 6.45) is 12.0. The molecule has 1 unspecified atom stereocenters. The van der Waals surface area contributed by atoms with Gasteiger partial charge in [0, 0.05) is 23.9 Å². The highest BCUT2D eigenvalue weighted by Crippen LogP contribution is 2.43. The van der Waals surface area contributed by atoms with Crippen molar-refractivity contribution in [1.29, 1.82) is 0 Å². The number of morpholine rings is 1. The highest BCUT2D eigenvalue weighted by molar-refractivity contribution is 5.83. The van der Waals surface area contributed by atoms with E-state index in [1.54, 1.807) is 17.1 Å². The number of ether oxygens (including phenoxy) is 1. The lowest BCUT2D eigenvalue weighted by Crippen LogP contribution is -2.44. The van der Waals surface area contributed by atoms with Crippen molar-refractivity contribution in [2.24, 2.45) is 5.92 Å². The lowest BCUT2D eigenvalue weighted by molar-refractivity contribution is -0.00660. The topological polar surface area (TPSA) is 92.1 Å². The summed E-state index contributed by atoms with van der Waals surface area (Å²) in [7, 11) is 0. The Morgan fingerprint density at radius 3 is 2.90 bits per heavy atom. The maximum atomic E-state index is 11.7. The summed E-state index contributed by atoms with van der Waals surface area (Å²) in [5.74, 6) is 4.65. The van der Waals surface area contributed by atoms with Gasteiger partial charge in [0.1, 0.15) is 5.82 Å². The highest BCUT2D eigenvalue weighted by Gasteiger charge is 2.37. The van der Waals surface area contributed by atoms with Gasteiger partial charge in [-0.3, -0.25) is 5.10 Å². The maximum absolute atomic E-state index is 11.7. The van der Waals surface area contributed by atoms with E-state index in [0.29, 0.717) is 31.7 Å². The first-order chi connectivity index (χ1) is 14.6. The molecule has 0 radical (unpaired) electrons. The van der Waals surface area contributed by atoms with Crippen molar-refractivity contribution < 1.29 is 9.84 Å². The molecule has 4 heterocycles. The summed E-state index contributed by atoms with van der Waals surface area (Å²) >= 11 is 0. The van der Waals surface area contributed by atoms with Gasteiger partial charge in [0.05, 0.1) is 37.3 Å². The average Bonchev–Trinajstić information content (AvgIpc) is 3.43. The van der Waals surface area contributed by atoms with E-state index in [2.05, 4.69) is 33.0 Å². The average molecular weight is 406 g/mol. The summed E-state index contributed by atoms with van der Waals surface area (Å²) in [6, 6.07) is 4.09. The zero-order valence-corrected chi connectivity index (χ0v) is 17.1. The number of H-pyrrole nitrogens is 1. The molecule has 2 N–H and O–H groups in total. The molecule has 1 saturated carbocycles. The Labute approximate surface area is 175 Å². The first kappa shape index (κ1) is 19.1. The van der Waals surface area contributed by atoms with Gasteiger partial charge in [0.2, 0.25) is 0 Å². The number of aliphatic hydroxyl groups is 1. The van der Waals surface area contributed by atoms with E-state index in [1.807, 2.05) is 12.1 Å². The second-order valence-corrected chi connectivity index (χ2v) is 8.35. The molecule has 8 nitrogen and oxygen atoms in total. The number of nitrogens with zero attached hydrogens (tertiary/aromatic N) is 5. The third-order valence-electron chi connectivity index (χ3n) is 6.45. The van der Waals surface area contributed by atoms with Crippen LogP contribution in [0.3, 0.4) is 0 Å². The van der Waals surface area contributed by atoms with Crippen molar-refractivity contribution in [2.45, 2.75) is 44.2 Å². The Morgan fingerprint density at radius 2 is 2.20 bits per heavy atom. The predicted octanol–water partition coefficient (Wildman–Crippen LogP) is 2.38. The van der Waals surface area contributed by atoms with Crippen LogP contribution in [0.1, 0.15) is 38.2 Å². The van der Waals surface area contributed by atoms with Gasteiger partial charge < -0.3 is 14.7 Å². The van der Waals surface area contributed by atoms with Crippen LogP contribution in [0.4, 0.5) is 5.82 Å². The number of terminal acetylenes is 1. The molecule has 2 aliphatic rings. The predicted molar refractivity (Wildman–Crippen MR) is 113 cm³/mol.